The predicted molar refractivity (Wildman–Crippen MR) is 174 cm³/mol. The summed E-state index contributed by atoms with van der Waals surface area (Å²) >= 11 is 0.169. The van der Waals surface area contributed by atoms with E-state index in [-0.39, 0.29) is 14.5 Å². The van der Waals surface area contributed by atoms with Gasteiger partial charge in [0, 0.05) is 0 Å². The van der Waals surface area contributed by atoms with Gasteiger partial charge in [-0.05, 0) is 0 Å². The molecular weight excluding hydrogens is 549 g/mol. The number of nitrogens with zero attached hydrogens (tertiary/aromatic N) is 1. The molecule has 0 saturated carbocycles. The second-order valence-corrected chi connectivity index (χ2v) is 12.3. The number of benzene rings is 7. The Morgan fingerprint density at radius 2 is 0.975 bits per heavy atom. The fourth-order valence-electron chi connectivity index (χ4n) is 5.94. The number of fused-ring (bicyclic) bond motifs is 7. The Bertz CT molecular complexity index is 2140. The van der Waals surface area contributed by atoms with Crippen LogP contribution in [0.25, 0.3) is 52.0 Å². The maximum atomic E-state index is 2.43. The first-order chi connectivity index (χ1) is 19.8. The van der Waals surface area contributed by atoms with Gasteiger partial charge in [0.1, 0.15) is 0 Å². The van der Waals surface area contributed by atoms with Gasteiger partial charge in [-0.2, -0.15) is 0 Å². The first-order valence-corrected chi connectivity index (χ1v) is 15.3. The molecule has 0 atom stereocenters. The van der Waals surface area contributed by atoms with E-state index in [0.29, 0.717) is 0 Å². The van der Waals surface area contributed by atoms with E-state index in [0.717, 1.165) is 0 Å². The van der Waals surface area contributed by atoms with Gasteiger partial charge >= 0.3 is 240 Å². The van der Waals surface area contributed by atoms with E-state index in [1.54, 1.807) is 0 Å². The second kappa shape index (κ2) is 9.54. The summed E-state index contributed by atoms with van der Waals surface area (Å²) in [6, 6.07) is 55.2. The van der Waals surface area contributed by atoms with Gasteiger partial charge in [0.05, 0.1) is 0 Å². The molecule has 1 nitrogen and oxygen atoms in total. The third-order valence-corrected chi connectivity index (χ3v) is 10.5. The molecule has 40 heavy (non-hydrogen) atoms. The number of rotatable bonds is 4. The van der Waals surface area contributed by atoms with Crippen molar-refractivity contribution in [1.29, 1.82) is 0 Å². The van der Waals surface area contributed by atoms with Gasteiger partial charge in [-0.15, -0.1) is 0 Å². The van der Waals surface area contributed by atoms with Crippen LogP contribution in [0.5, 0.6) is 0 Å². The molecule has 1 heterocycles. The molecule has 0 amide bonds. The summed E-state index contributed by atoms with van der Waals surface area (Å²) in [6.07, 6.45) is 0. The Labute approximate surface area is 239 Å². The molecule has 1 aromatic heterocycles. The van der Waals surface area contributed by atoms with E-state index >= 15 is 0 Å². The van der Waals surface area contributed by atoms with Crippen molar-refractivity contribution in [3.8, 4) is 11.1 Å². The fourth-order valence-corrected chi connectivity index (χ4v) is 8.82. The summed E-state index contributed by atoms with van der Waals surface area (Å²) in [7, 11) is 0. The molecule has 188 valence electrons. The van der Waals surface area contributed by atoms with Crippen molar-refractivity contribution in [3.05, 3.63) is 152 Å². The normalized spacial score (nSPS) is 11.5. The molecule has 0 spiro atoms. The van der Waals surface area contributed by atoms with E-state index in [1.165, 1.54) is 69.0 Å². The quantitative estimate of drug-likeness (QED) is 0.149. The molecule has 8 aromatic rings. The molecule has 2 heteroatoms. The summed E-state index contributed by atoms with van der Waals surface area (Å²) in [6.45, 7) is 0. The Balaban J connectivity index is 1.38. The molecule has 0 bridgehead atoms. The van der Waals surface area contributed by atoms with E-state index in [4.69, 9.17) is 0 Å². The van der Waals surface area contributed by atoms with Gasteiger partial charge in [0.25, 0.3) is 0 Å². The van der Waals surface area contributed by atoms with Crippen LogP contribution in [-0.2, 0) is 0 Å². The maximum absolute atomic E-state index is 2.43. The fraction of sp³-hybridized carbons (Fsp3) is 0. The van der Waals surface area contributed by atoms with Crippen LogP contribution in [-0.4, -0.2) is 14.5 Å². The van der Waals surface area contributed by atoms with Gasteiger partial charge in [-0.3, -0.25) is 0 Å². The summed E-state index contributed by atoms with van der Waals surface area (Å²) < 4.78 is 2.94. The molecule has 0 unspecified atom stereocenters. The van der Waals surface area contributed by atoms with E-state index in [1.807, 2.05) is 0 Å². The minimum atomic E-state index is 0.169. The predicted octanol–water partition coefficient (Wildman–Crippen LogP) is 10.5. The van der Waals surface area contributed by atoms with Crippen molar-refractivity contribution in [2.75, 3.05) is 4.90 Å². The van der Waals surface area contributed by atoms with Crippen LogP contribution in [0.1, 0.15) is 0 Å². The Kier molecular flexibility index (Phi) is 5.55. The van der Waals surface area contributed by atoms with Gasteiger partial charge in [-0.1, -0.05) is 0 Å². The SMILES string of the molecule is c1ccc(-c2ccc(N(c3ccccc3)c3cccc4c3[se]c3c4ccc4ccc5ccccc5c43)cc2)cc1. The number of hydrogen-bond acceptors (Lipinski definition) is 1. The zero-order valence-corrected chi connectivity index (χ0v) is 23.5. The number of anilines is 3. The molecule has 0 fully saturated rings. The Hall–Kier alpha value is -4.62. The van der Waals surface area contributed by atoms with Crippen molar-refractivity contribution in [2.24, 2.45) is 0 Å². The second-order valence-electron chi connectivity index (χ2n) is 10.2. The van der Waals surface area contributed by atoms with Crippen molar-refractivity contribution in [3.63, 3.8) is 0 Å². The average molecular weight is 575 g/mol. The number of hydrogen-bond donors (Lipinski definition) is 0. The van der Waals surface area contributed by atoms with Crippen molar-refractivity contribution in [2.45, 2.75) is 0 Å². The van der Waals surface area contributed by atoms with Crippen LogP contribution in [0.2, 0.25) is 0 Å². The van der Waals surface area contributed by atoms with Crippen molar-refractivity contribution >= 4 is 72.4 Å². The Morgan fingerprint density at radius 1 is 0.375 bits per heavy atom. The summed E-state index contributed by atoms with van der Waals surface area (Å²) in [5.41, 5.74) is 6.07. The monoisotopic (exact) mass is 575 g/mol. The molecule has 8 rings (SSSR count). The molecule has 0 saturated heterocycles. The molecule has 7 aromatic carbocycles. The third-order valence-electron chi connectivity index (χ3n) is 7.84. The topological polar surface area (TPSA) is 3.24 Å². The van der Waals surface area contributed by atoms with Crippen LogP contribution in [0.4, 0.5) is 17.1 Å². The molecule has 0 aliphatic carbocycles. The van der Waals surface area contributed by atoms with Crippen LogP contribution < -0.4 is 4.90 Å². The van der Waals surface area contributed by atoms with E-state index in [9.17, 15) is 0 Å². The summed E-state index contributed by atoms with van der Waals surface area (Å²) in [4.78, 5) is 2.43. The standard InChI is InChI=1S/C38H25NSe/c1-3-10-26(11-4-1)27-20-23-31(24-21-27)39(30-13-5-2-6-14-30)35-17-9-16-33-34-25-22-29-19-18-28-12-7-8-15-32(28)36(29)38(34)40-37(33)35/h1-25H. The van der Waals surface area contributed by atoms with Gasteiger partial charge in [0.2, 0.25) is 0 Å². The van der Waals surface area contributed by atoms with E-state index in [2.05, 4.69) is 157 Å². The van der Waals surface area contributed by atoms with Crippen molar-refractivity contribution in [1.82, 2.24) is 0 Å². The molecule has 0 radical (unpaired) electrons. The average Bonchev–Trinajstić information content (AvgIpc) is 3.42. The first-order valence-electron chi connectivity index (χ1n) is 13.6. The zero-order chi connectivity index (χ0) is 26.5. The Morgan fingerprint density at radius 3 is 1.80 bits per heavy atom. The van der Waals surface area contributed by atoms with Crippen LogP contribution in [0.15, 0.2) is 152 Å². The van der Waals surface area contributed by atoms with E-state index < -0.39 is 0 Å². The minimum absolute atomic E-state index is 0.169. The van der Waals surface area contributed by atoms with Crippen LogP contribution >= 0.6 is 0 Å². The molecule has 0 aliphatic rings. The summed E-state index contributed by atoms with van der Waals surface area (Å²) in [5, 5.41) is 8.14. The molecule has 0 aliphatic heterocycles. The molecular formula is C38H25NSe. The zero-order valence-electron chi connectivity index (χ0n) is 21.8. The first kappa shape index (κ1) is 23.3. The van der Waals surface area contributed by atoms with Crippen LogP contribution in [0, 0.1) is 0 Å². The number of para-hydroxylation sites is 1. The van der Waals surface area contributed by atoms with Gasteiger partial charge < -0.3 is 0 Å². The van der Waals surface area contributed by atoms with Gasteiger partial charge in [0.15, 0.2) is 0 Å². The van der Waals surface area contributed by atoms with Crippen molar-refractivity contribution < 1.29 is 0 Å². The molecule has 0 N–H and O–H groups in total. The summed E-state index contributed by atoms with van der Waals surface area (Å²) in [5.74, 6) is 0. The van der Waals surface area contributed by atoms with Gasteiger partial charge in [-0.25, -0.2) is 0 Å². The third kappa shape index (κ3) is 3.77. The van der Waals surface area contributed by atoms with Crippen LogP contribution in [0.3, 0.4) is 0 Å².